The molecule has 0 unspecified atom stereocenters. The van der Waals surface area contributed by atoms with E-state index in [9.17, 15) is 4.79 Å². The molecule has 0 radical (unpaired) electrons. The van der Waals surface area contributed by atoms with Crippen molar-refractivity contribution in [3.8, 4) is 0 Å². The molecular formula is C13H14ClN3O. The molecule has 0 saturated carbocycles. The molecule has 0 fully saturated rings. The SMILES string of the molecule is Cc1ccn(CC(=O)NCc2cccc(Cl)c2)n1. The van der Waals surface area contributed by atoms with Crippen LogP contribution in [0.3, 0.4) is 0 Å². The highest BCUT2D eigenvalue weighted by atomic mass is 35.5. The van der Waals surface area contributed by atoms with Crippen LogP contribution in [-0.2, 0) is 17.9 Å². The lowest BCUT2D eigenvalue weighted by Crippen LogP contribution is -2.27. The van der Waals surface area contributed by atoms with Crippen LogP contribution in [0.25, 0.3) is 0 Å². The smallest absolute Gasteiger partial charge is 0.241 e. The van der Waals surface area contributed by atoms with E-state index in [0.29, 0.717) is 11.6 Å². The number of nitrogens with zero attached hydrogens (tertiary/aromatic N) is 2. The topological polar surface area (TPSA) is 46.9 Å². The van der Waals surface area contributed by atoms with Crippen molar-refractivity contribution in [1.82, 2.24) is 15.1 Å². The zero-order chi connectivity index (χ0) is 13.0. The molecule has 0 aliphatic heterocycles. The predicted octanol–water partition coefficient (Wildman–Crippen LogP) is 2.16. The second-order valence-corrected chi connectivity index (χ2v) is 4.50. The van der Waals surface area contributed by atoms with Crippen molar-refractivity contribution in [3.63, 3.8) is 0 Å². The second-order valence-electron chi connectivity index (χ2n) is 4.06. The first kappa shape index (κ1) is 12.6. The molecule has 0 aliphatic carbocycles. The molecule has 2 rings (SSSR count). The molecule has 2 aromatic rings. The number of hydrogen-bond donors (Lipinski definition) is 1. The molecule has 0 atom stereocenters. The van der Waals surface area contributed by atoms with Gasteiger partial charge in [0.15, 0.2) is 0 Å². The summed E-state index contributed by atoms with van der Waals surface area (Å²) in [5.74, 6) is -0.0712. The molecule has 1 amide bonds. The average Bonchev–Trinajstić information content (AvgIpc) is 2.72. The molecule has 1 aromatic carbocycles. The third-order valence-corrected chi connectivity index (χ3v) is 2.69. The predicted molar refractivity (Wildman–Crippen MR) is 70.3 cm³/mol. The zero-order valence-corrected chi connectivity index (χ0v) is 10.8. The molecule has 1 aromatic heterocycles. The summed E-state index contributed by atoms with van der Waals surface area (Å²) < 4.78 is 1.61. The maximum Gasteiger partial charge on any atom is 0.241 e. The van der Waals surface area contributed by atoms with Gasteiger partial charge in [0.05, 0.1) is 5.69 Å². The molecular weight excluding hydrogens is 250 g/mol. The van der Waals surface area contributed by atoms with Gasteiger partial charge < -0.3 is 5.32 Å². The third kappa shape index (κ3) is 3.60. The van der Waals surface area contributed by atoms with Crippen LogP contribution in [0.1, 0.15) is 11.3 Å². The fraction of sp³-hybridized carbons (Fsp3) is 0.231. The van der Waals surface area contributed by atoms with Gasteiger partial charge in [-0.1, -0.05) is 23.7 Å². The van der Waals surface area contributed by atoms with Crippen LogP contribution in [0.5, 0.6) is 0 Å². The molecule has 0 spiro atoms. The van der Waals surface area contributed by atoms with E-state index in [0.717, 1.165) is 11.3 Å². The molecule has 5 heteroatoms. The Bertz CT molecular complexity index is 551. The van der Waals surface area contributed by atoms with E-state index in [1.165, 1.54) is 0 Å². The fourth-order valence-corrected chi connectivity index (χ4v) is 1.81. The number of rotatable bonds is 4. The first-order valence-corrected chi connectivity index (χ1v) is 6.02. The number of halogens is 1. The largest absolute Gasteiger partial charge is 0.350 e. The Hall–Kier alpha value is -1.81. The molecule has 0 bridgehead atoms. The van der Waals surface area contributed by atoms with Crippen LogP contribution in [0, 0.1) is 6.92 Å². The summed E-state index contributed by atoms with van der Waals surface area (Å²) in [5, 5.41) is 7.65. The van der Waals surface area contributed by atoms with Crippen LogP contribution in [0.2, 0.25) is 5.02 Å². The van der Waals surface area contributed by atoms with E-state index in [2.05, 4.69) is 10.4 Å². The number of aryl methyl sites for hydroxylation is 1. The molecule has 0 aliphatic rings. The summed E-state index contributed by atoms with van der Waals surface area (Å²) in [6.45, 7) is 2.59. The Morgan fingerprint density at radius 1 is 1.44 bits per heavy atom. The van der Waals surface area contributed by atoms with Gasteiger partial charge in [0.25, 0.3) is 0 Å². The Morgan fingerprint density at radius 3 is 2.94 bits per heavy atom. The number of hydrogen-bond acceptors (Lipinski definition) is 2. The van der Waals surface area contributed by atoms with Gasteiger partial charge in [-0.25, -0.2) is 0 Å². The highest BCUT2D eigenvalue weighted by molar-refractivity contribution is 6.30. The van der Waals surface area contributed by atoms with E-state index >= 15 is 0 Å². The highest BCUT2D eigenvalue weighted by Crippen LogP contribution is 2.10. The Kier molecular flexibility index (Phi) is 3.99. The molecule has 94 valence electrons. The normalized spacial score (nSPS) is 10.3. The molecule has 18 heavy (non-hydrogen) atoms. The zero-order valence-electron chi connectivity index (χ0n) is 10.1. The maximum absolute atomic E-state index is 11.7. The van der Waals surface area contributed by atoms with Gasteiger partial charge in [-0.2, -0.15) is 5.10 Å². The lowest BCUT2D eigenvalue weighted by molar-refractivity contribution is -0.122. The number of carbonyl (C=O) groups is 1. The molecule has 0 saturated heterocycles. The lowest BCUT2D eigenvalue weighted by atomic mass is 10.2. The van der Waals surface area contributed by atoms with Gasteiger partial charge in [-0.15, -0.1) is 0 Å². The molecule has 1 N–H and O–H groups in total. The minimum atomic E-state index is -0.0712. The second kappa shape index (κ2) is 5.69. The van der Waals surface area contributed by atoms with Gasteiger partial charge >= 0.3 is 0 Å². The van der Waals surface area contributed by atoms with E-state index in [1.54, 1.807) is 16.9 Å². The van der Waals surface area contributed by atoms with Crippen molar-refractivity contribution < 1.29 is 4.79 Å². The number of nitrogens with one attached hydrogen (secondary N) is 1. The van der Waals surface area contributed by atoms with E-state index in [4.69, 9.17) is 11.6 Å². The number of benzene rings is 1. The number of carbonyl (C=O) groups excluding carboxylic acids is 1. The van der Waals surface area contributed by atoms with Crippen molar-refractivity contribution in [3.05, 3.63) is 52.8 Å². The van der Waals surface area contributed by atoms with E-state index in [-0.39, 0.29) is 12.5 Å². The van der Waals surface area contributed by atoms with Gasteiger partial charge in [-0.05, 0) is 30.7 Å². The van der Waals surface area contributed by atoms with E-state index < -0.39 is 0 Å². The Balaban J connectivity index is 1.85. The van der Waals surface area contributed by atoms with Crippen molar-refractivity contribution in [2.75, 3.05) is 0 Å². The number of amides is 1. The summed E-state index contributed by atoms with van der Waals surface area (Å²) in [6, 6.07) is 9.29. The quantitative estimate of drug-likeness (QED) is 0.919. The monoisotopic (exact) mass is 263 g/mol. The summed E-state index contributed by atoms with van der Waals surface area (Å²) >= 11 is 5.87. The van der Waals surface area contributed by atoms with Crippen LogP contribution < -0.4 is 5.32 Å². The van der Waals surface area contributed by atoms with Gasteiger partial charge in [0.1, 0.15) is 6.54 Å². The van der Waals surface area contributed by atoms with Crippen LogP contribution >= 0.6 is 11.6 Å². The maximum atomic E-state index is 11.7. The van der Waals surface area contributed by atoms with Crippen molar-refractivity contribution in [1.29, 1.82) is 0 Å². The average molecular weight is 264 g/mol. The van der Waals surface area contributed by atoms with Crippen molar-refractivity contribution >= 4 is 17.5 Å². The minimum Gasteiger partial charge on any atom is -0.350 e. The van der Waals surface area contributed by atoms with Crippen LogP contribution in [0.4, 0.5) is 0 Å². The molecule has 1 heterocycles. The highest BCUT2D eigenvalue weighted by Gasteiger charge is 2.03. The van der Waals surface area contributed by atoms with Gasteiger partial charge in [-0.3, -0.25) is 9.48 Å². The summed E-state index contributed by atoms with van der Waals surface area (Å²) in [4.78, 5) is 11.7. The Labute approximate surface area is 111 Å². The lowest BCUT2D eigenvalue weighted by Gasteiger charge is -2.05. The first-order valence-electron chi connectivity index (χ1n) is 5.65. The summed E-state index contributed by atoms with van der Waals surface area (Å²) in [5.41, 5.74) is 1.88. The van der Waals surface area contributed by atoms with E-state index in [1.807, 2.05) is 31.2 Å². The molecule has 4 nitrogen and oxygen atoms in total. The van der Waals surface area contributed by atoms with Crippen molar-refractivity contribution in [2.24, 2.45) is 0 Å². The minimum absolute atomic E-state index is 0.0712. The van der Waals surface area contributed by atoms with Gasteiger partial charge in [0.2, 0.25) is 5.91 Å². The van der Waals surface area contributed by atoms with Crippen LogP contribution in [-0.4, -0.2) is 15.7 Å². The standard InChI is InChI=1S/C13H14ClN3O/c1-10-5-6-17(16-10)9-13(18)15-8-11-3-2-4-12(14)7-11/h2-7H,8-9H2,1H3,(H,15,18). The first-order chi connectivity index (χ1) is 8.63. The summed E-state index contributed by atoms with van der Waals surface area (Å²) in [7, 11) is 0. The van der Waals surface area contributed by atoms with Crippen LogP contribution in [0.15, 0.2) is 36.5 Å². The Morgan fingerprint density at radius 2 is 2.28 bits per heavy atom. The fourth-order valence-electron chi connectivity index (χ4n) is 1.60. The third-order valence-electron chi connectivity index (χ3n) is 2.46. The van der Waals surface area contributed by atoms with Crippen molar-refractivity contribution in [2.45, 2.75) is 20.0 Å². The summed E-state index contributed by atoms with van der Waals surface area (Å²) in [6.07, 6.45) is 1.79. The number of aromatic nitrogens is 2. The van der Waals surface area contributed by atoms with Gasteiger partial charge in [0, 0.05) is 17.8 Å².